The average molecular weight is 411 g/mol. The van der Waals surface area contributed by atoms with Gasteiger partial charge < -0.3 is 14.8 Å². The Morgan fingerprint density at radius 2 is 1.67 bits per heavy atom. The monoisotopic (exact) mass is 410 g/mol. The zero-order valence-electron chi connectivity index (χ0n) is 16.6. The SMILES string of the molecule is Cc1cccc(N2C(=S)N[C@H](c3ccccn3)[C@H]2c2cccn2-c2ccccc2)c1. The van der Waals surface area contributed by atoms with Crippen molar-refractivity contribution in [3.8, 4) is 5.69 Å². The fraction of sp³-hybridized carbons (Fsp3) is 0.120. The van der Waals surface area contributed by atoms with E-state index >= 15 is 0 Å². The summed E-state index contributed by atoms with van der Waals surface area (Å²) in [6.07, 6.45) is 3.94. The number of pyridine rings is 1. The summed E-state index contributed by atoms with van der Waals surface area (Å²) in [4.78, 5) is 6.86. The smallest absolute Gasteiger partial charge is 0.174 e. The van der Waals surface area contributed by atoms with Crippen molar-refractivity contribution in [2.45, 2.75) is 19.0 Å². The van der Waals surface area contributed by atoms with Crippen molar-refractivity contribution in [3.05, 3.63) is 114 Å². The molecular weight excluding hydrogens is 388 g/mol. The van der Waals surface area contributed by atoms with Crippen molar-refractivity contribution in [1.29, 1.82) is 0 Å². The Balaban J connectivity index is 1.68. The first kappa shape index (κ1) is 18.6. The molecule has 0 bridgehead atoms. The minimum Gasteiger partial charge on any atom is -0.351 e. The van der Waals surface area contributed by atoms with Crippen molar-refractivity contribution in [3.63, 3.8) is 0 Å². The number of anilines is 1. The van der Waals surface area contributed by atoms with E-state index in [-0.39, 0.29) is 12.1 Å². The van der Waals surface area contributed by atoms with Crippen molar-refractivity contribution in [2.24, 2.45) is 0 Å². The third-order valence-electron chi connectivity index (χ3n) is 5.50. The summed E-state index contributed by atoms with van der Waals surface area (Å²) in [5, 5.41) is 4.25. The Morgan fingerprint density at radius 3 is 2.43 bits per heavy atom. The van der Waals surface area contributed by atoms with E-state index < -0.39 is 0 Å². The van der Waals surface area contributed by atoms with Gasteiger partial charge in [0.25, 0.3) is 0 Å². The Labute approximate surface area is 181 Å². The van der Waals surface area contributed by atoms with Gasteiger partial charge in [-0.2, -0.15) is 0 Å². The standard InChI is InChI=1S/C25H22N4S/c1-18-9-7-12-20(17-18)29-24(23(27-25(29)30)21-13-5-6-15-26-21)22-14-8-16-28(22)19-10-3-2-4-11-19/h2-17,23-24H,1H3,(H,27,30)/t23-,24-/m1/s1. The molecule has 3 heterocycles. The molecule has 30 heavy (non-hydrogen) atoms. The molecule has 4 nitrogen and oxygen atoms in total. The van der Waals surface area contributed by atoms with Crippen molar-refractivity contribution < 1.29 is 0 Å². The molecule has 1 N–H and O–H groups in total. The highest BCUT2D eigenvalue weighted by Crippen LogP contribution is 2.42. The second-order valence-corrected chi connectivity index (χ2v) is 7.86. The molecule has 5 rings (SSSR count). The van der Waals surface area contributed by atoms with E-state index in [4.69, 9.17) is 12.2 Å². The molecule has 2 aromatic carbocycles. The highest BCUT2D eigenvalue weighted by atomic mass is 32.1. The second kappa shape index (κ2) is 7.76. The highest BCUT2D eigenvalue weighted by molar-refractivity contribution is 7.80. The van der Waals surface area contributed by atoms with Gasteiger partial charge in [-0.1, -0.05) is 36.4 Å². The van der Waals surface area contributed by atoms with E-state index in [1.807, 2.05) is 24.4 Å². The number of nitrogens with zero attached hydrogens (tertiary/aromatic N) is 3. The van der Waals surface area contributed by atoms with E-state index in [2.05, 4.69) is 99.6 Å². The topological polar surface area (TPSA) is 33.1 Å². The Morgan fingerprint density at radius 1 is 0.867 bits per heavy atom. The Bertz CT molecular complexity index is 1170. The summed E-state index contributed by atoms with van der Waals surface area (Å²) in [5.41, 5.74) is 5.54. The lowest BCUT2D eigenvalue weighted by Gasteiger charge is -2.29. The number of hydrogen-bond donors (Lipinski definition) is 1. The van der Waals surface area contributed by atoms with E-state index in [1.54, 1.807) is 0 Å². The fourth-order valence-electron chi connectivity index (χ4n) is 4.17. The van der Waals surface area contributed by atoms with Crippen molar-refractivity contribution in [1.82, 2.24) is 14.9 Å². The maximum absolute atomic E-state index is 5.83. The van der Waals surface area contributed by atoms with Gasteiger partial charge in [-0.3, -0.25) is 4.98 Å². The molecule has 148 valence electrons. The molecule has 0 radical (unpaired) electrons. The lowest BCUT2D eigenvalue weighted by Crippen LogP contribution is -2.30. The molecule has 2 atom stereocenters. The van der Waals surface area contributed by atoms with Crippen LogP contribution in [0.1, 0.15) is 29.0 Å². The van der Waals surface area contributed by atoms with Gasteiger partial charge in [-0.25, -0.2) is 0 Å². The summed E-state index contributed by atoms with van der Waals surface area (Å²) in [6.45, 7) is 2.11. The van der Waals surface area contributed by atoms with Crippen LogP contribution in [0.2, 0.25) is 0 Å². The number of aromatic nitrogens is 2. The van der Waals surface area contributed by atoms with Gasteiger partial charge in [0.2, 0.25) is 0 Å². The van der Waals surface area contributed by atoms with Gasteiger partial charge in [0.05, 0.1) is 11.7 Å². The lowest BCUT2D eigenvalue weighted by molar-refractivity contribution is 0.549. The molecule has 1 aliphatic rings. The molecule has 5 heteroatoms. The summed E-state index contributed by atoms with van der Waals surface area (Å²) >= 11 is 5.83. The van der Waals surface area contributed by atoms with Gasteiger partial charge in [-0.05, 0) is 73.2 Å². The molecule has 0 spiro atoms. The third kappa shape index (κ3) is 3.27. The number of nitrogens with one attached hydrogen (secondary N) is 1. The molecule has 2 aromatic heterocycles. The Hall–Kier alpha value is -3.44. The third-order valence-corrected chi connectivity index (χ3v) is 5.81. The van der Waals surface area contributed by atoms with Gasteiger partial charge in [0.15, 0.2) is 5.11 Å². The summed E-state index contributed by atoms with van der Waals surface area (Å²) in [5.74, 6) is 0. The maximum Gasteiger partial charge on any atom is 0.174 e. The lowest BCUT2D eigenvalue weighted by atomic mass is 10.0. The number of rotatable bonds is 4. The van der Waals surface area contributed by atoms with Crippen LogP contribution in [0.25, 0.3) is 5.69 Å². The molecule has 4 aromatic rings. The van der Waals surface area contributed by atoms with Crippen molar-refractivity contribution >= 4 is 23.0 Å². The average Bonchev–Trinajstić information content (AvgIpc) is 3.39. The van der Waals surface area contributed by atoms with Crippen molar-refractivity contribution in [2.75, 3.05) is 4.90 Å². The predicted octanol–water partition coefficient (Wildman–Crippen LogP) is 5.36. The second-order valence-electron chi connectivity index (χ2n) is 7.47. The van der Waals surface area contributed by atoms with Crippen LogP contribution in [0.5, 0.6) is 0 Å². The number of para-hydroxylation sites is 1. The highest BCUT2D eigenvalue weighted by Gasteiger charge is 2.42. The van der Waals surface area contributed by atoms with E-state index in [1.165, 1.54) is 5.56 Å². The van der Waals surface area contributed by atoms with Crippen LogP contribution in [0.4, 0.5) is 5.69 Å². The zero-order valence-corrected chi connectivity index (χ0v) is 17.5. The van der Waals surface area contributed by atoms with E-state index in [0.29, 0.717) is 5.11 Å². The molecular formula is C25H22N4S. The van der Waals surface area contributed by atoms with Crippen LogP contribution in [-0.4, -0.2) is 14.7 Å². The number of thiocarbonyl (C=S) groups is 1. The van der Waals surface area contributed by atoms with Crippen LogP contribution < -0.4 is 10.2 Å². The van der Waals surface area contributed by atoms with Crippen LogP contribution >= 0.6 is 12.2 Å². The van der Waals surface area contributed by atoms with Gasteiger partial charge >= 0.3 is 0 Å². The molecule has 1 fully saturated rings. The molecule has 0 saturated carbocycles. The zero-order chi connectivity index (χ0) is 20.5. The predicted molar refractivity (Wildman–Crippen MR) is 125 cm³/mol. The Kier molecular flexibility index (Phi) is 4.81. The first-order chi connectivity index (χ1) is 14.7. The summed E-state index contributed by atoms with van der Waals surface area (Å²) in [7, 11) is 0. The van der Waals surface area contributed by atoms with Crippen LogP contribution in [0.15, 0.2) is 97.3 Å². The molecule has 1 aliphatic heterocycles. The summed E-state index contributed by atoms with van der Waals surface area (Å²) in [6, 6.07) is 29.1. The molecule has 0 aliphatic carbocycles. The van der Waals surface area contributed by atoms with Crippen LogP contribution in [0.3, 0.4) is 0 Å². The van der Waals surface area contributed by atoms with Gasteiger partial charge in [0, 0.05) is 29.5 Å². The number of aryl methyl sites for hydroxylation is 1. The number of benzene rings is 2. The van der Waals surface area contributed by atoms with E-state index in [9.17, 15) is 0 Å². The molecule has 0 amide bonds. The molecule has 0 unspecified atom stereocenters. The first-order valence-electron chi connectivity index (χ1n) is 10.0. The quantitative estimate of drug-likeness (QED) is 0.459. The summed E-state index contributed by atoms with van der Waals surface area (Å²) < 4.78 is 2.24. The van der Waals surface area contributed by atoms with Gasteiger partial charge in [-0.15, -0.1) is 0 Å². The van der Waals surface area contributed by atoms with Crippen LogP contribution in [-0.2, 0) is 0 Å². The van der Waals surface area contributed by atoms with Crippen LogP contribution in [0, 0.1) is 6.92 Å². The first-order valence-corrected chi connectivity index (χ1v) is 10.4. The van der Waals surface area contributed by atoms with Gasteiger partial charge in [0.1, 0.15) is 6.04 Å². The normalized spacial score (nSPS) is 18.4. The minimum absolute atomic E-state index is 0.0376. The minimum atomic E-state index is -0.0587. The maximum atomic E-state index is 5.83. The molecule has 1 saturated heterocycles. The fourth-order valence-corrected chi connectivity index (χ4v) is 4.52. The van der Waals surface area contributed by atoms with E-state index in [0.717, 1.165) is 22.8 Å². The number of hydrogen-bond acceptors (Lipinski definition) is 2. The largest absolute Gasteiger partial charge is 0.351 e.